The Bertz CT molecular complexity index is 346. The zero-order valence-electron chi connectivity index (χ0n) is 13.7. The highest BCUT2D eigenvalue weighted by Crippen LogP contribution is 2.32. The van der Waals surface area contributed by atoms with Crippen LogP contribution in [0.1, 0.15) is 52.9 Å². The van der Waals surface area contributed by atoms with E-state index in [0.717, 1.165) is 25.7 Å². The Morgan fingerprint density at radius 3 is 2.29 bits per heavy atom. The van der Waals surface area contributed by atoms with Crippen molar-refractivity contribution in [3.05, 3.63) is 0 Å². The van der Waals surface area contributed by atoms with Crippen LogP contribution in [-0.4, -0.2) is 31.4 Å². The molecule has 0 aromatic heterocycles. The van der Waals surface area contributed by atoms with Crippen molar-refractivity contribution in [2.45, 2.75) is 52.9 Å². The van der Waals surface area contributed by atoms with Crippen LogP contribution in [0, 0.1) is 17.3 Å². The third-order valence-electron chi connectivity index (χ3n) is 4.15. The van der Waals surface area contributed by atoms with E-state index >= 15 is 0 Å². The summed E-state index contributed by atoms with van der Waals surface area (Å²) in [4.78, 5) is 23.2. The SMILES string of the molecule is CC(C)(C)C(CCN)CCC(=O)NCCNC(=O)C1CC1. The van der Waals surface area contributed by atoms with E-state index in [-0.39, 0.29) is 23.1 Å². The summed E-state index contributed by atoms with van der Waals surface area (Å²) in [6.07, 6.45) is 4.36. The van der Waals surface area contributed by atoms with Crippen LogP contribution in [0.3, 0.4) is 0 Å². The van der Waals surface area contributed by atoms with Crippen molar-refractivity contribution in [3.63, 3.8) is 0 Å². The predicted octanol–water partition coefficient (Wildman–Crippen LogP) is 1.42. The first-order chi connectivity index (χ1) is 9.84. The van der Waals surface area contributed by atoms with E-state index in [4.69, 9.17) is 5.73 Å². The molecule has 0 heterocycles. The minimum Gasteiger partial charge on any atom is -0.354 e. The van der Waals surface area contributed by atoms with Crippen molar-refractivity contribution in [3.8, 4) is 0 Å². The lowest BCUT2D eigenvalue weighted by Crippen LogP contribution is -2.35. The number of amides is 2. The lowest BCUT2D eigenvalue weighted by Gasteiger charge is -2.30. The molecule has 0 aliphatic heterocycles. The highest BCUT2D eigenvalue weighted by Gasteiger charge is 2.29. The topological polar surface area (TPSA) is 84.2 Å². The van der Waals surface area contributed by atoms with Crippen LogP contribution in [0.2, 0.25) is 0 Å². The maximum absolute atomic E-state index is 11.8. The zero-order valence-corrected chi connectivity index (χ0v) is 13.7. The third kappa shape index (κ3) is 7.46. The molecule has 0 aromatic carbocycles. The molecule has 1 fully saturated rings. The van der Waals surface area contributed by atoms with Crippen LogP contribution < -0.4 is 16.4 Å². The zero-order chi connectivity index (χ0) is 15.9. The number of nitrogens with one attached hydrogen (secondary N) is 2. The first-order valence-corrected chi connectivity index (χ1v) is 8.09. The fraction of sp³-hybridized carbons (Fsp3) is 0.875. The molecule has 1 aliphatic carbocycles. The van der Waals surface area contributed by atoms with Gasteiger partial charge in [-0.05, 0) is 43.6 Å². The molecule has 21 heavy (non-hydrogen) atoms. The minimum absolute atomic E-state index is 0.0574. The lowest BCUT2D eigenvalue weighted by molar-refractivity contribution is -0.123. The molecule has 1 aliphatic rings. The standard InChI is InChI=1S/C16H31N3O2/c1-16(2,3)13(8-9-17)6-7-14(20)18-10-11-19-15(21)12-4-5-12/h12-13H,4-11,17H2,1-3H3,(H,18,20)(H,19,21). The van der Waals surface area contributed by atoms with Gasteiger partial charge in [-0.25, -0.2) is 0 Å². The molecule has 0 aromatic rings. The van der Waals surface area contributed by atoms with Gasteiger partial charge in [-0.1, -0.05) is 20.8 Å². The van der Waals surface area contributed by atoms with Crippen LogP contribution in [0.15, 0.2) is 0 Å². The Hall–Kier alpha value is -1.10. The molecule has 4 N–H and O–H groups in total. The summed E-state index contributed by atoms with van der Waals surface area (Å²) in [6.45, 7) is 8.27. The molecule has 0 saturated heterocycles. The van der Waals surface area contributed by atoms with E-state index < -0.39 is 0 Å². The van der Waals surface area contributed by atoms with E-state index in [0.29, 0.717) is 32.0 Å². The molecular weight excluding hydrogens is 266 g/mol. The van der Waals surface area contributed by atoms with Crippen molar-refractivity contribution in [2.24, 2.45) is 23.0 Å². The van der Waals surface area contributed by atoms with Crippen molar-refractivity contribution < 1.29 is 9.59 Å². The Morgan fingerprint density at radius 2 is 1.76 bits per heavy atom. The van der Waals surface area contributed by atoms with E-state index in [1.54, 1.807) is 0 Å². The summed E-state index contributed by atoms with van der Waals surface area (Å²) >= 11 is 0. The second-order valence-corrected chi connectivity index (χ2v) is 7.09. The molecule has 122 valence electrons. The van der Waals surface area contributed by atoms with Gasteiger partial charge in [0.05, 0.1) is 0 Å². The lowest BCUT2D eigenvalue weighted by atomic mass is 9.76. The van der Waals surface area contributed by atoms with Crippen LogP contribution in [0.5, 0.6) is 0 Å². The number of carbonyl (C=O) groups excluding carboxylic acids is 2. The first kappa shape index (κ1) is 18.0. The molecule has 0 bridgehead atoms. The highest BCUT2D eigenvalue weighted by atomic mass is 16.2. The molecule has 0 spiro atoms. The molecule has 1 saturated carbocycles. The number of nitrogens with two attached hydrogens (primary N) is 1. The maximum Gasteiger partial charge on any atom is 0.223 e. The van der Waals surface area contributed by atoms with Gasteiger partial charge in [0, 0.05) is 25.4 Å². The van der Waals surface area contributed by atoms with Gasteiger partial charge in [-0.3, -0.25) is 9.59 Å². The van der Waals surface area contributed by atoms with Crippen molar-refractivity contribution in [1.82, 2.24) is 10.6 Å². The average molecular weight is 297 g/mol. The molecule has 1 rings (SSSR count). The molecule has 5 heteroatoms. The number of rotatable bonds is 9. The van der Waals surface area contributed by atoms with Gasteiger partial charge < -0.3 is 16.4 Å². The van der Waals surface area contributed by atoms with Crippen LogP contribution >= 0.6 is 0 Å². The molecule has 0 radical (unpaired) electrons. The maximum atomic E-state index is 11.8. The summed E-state index contributed by atoms with van der Waals surface area (Å²) in [5, 5.41) is 5.70. The van der Waals surface area contributed by atoms with E-state index in [2.05, 4.69) is 31.4 Å². The predicted molar refractivity (Wildman–Crippen MR) is 84.6 cm³/mol. The Morgan fingerprint density at radius 1 is 1.14 bits per heavy atom. The summed E-state index contributed by atoms with van der Waals surface area (Å²) in [6, 6.07) is 0. The Labute approximate surface area is 128 Å². The van der Waals surface area contributed by atoms with Gasteiger partial charge in [-0.15, -0.1) is 0 Å². The van der Waals surface area contributed by atoms with Gasteiger partial charge in [0.2, 0.25) is 11.8 Å². The van der Waals surface area contributed by atoms with Gasteiger partial charge >= 0.3 is 0 Å². The van der Waals surface area contributed by atoms with Crippen molar-refractivity contribution in [1.29, 1.82) is 0 Å². The van der Waals surface area contributed by atoms with Crippen LogP contribution in [-0.2, 0) is 9.59 Å². The molecular formula is C16H31N3O2. The van der Waals surface area contributed by atoms with Crippen LogP contribution in [0.4, 0.5) is 0 Å². The molecule has 5 nitrogen and oxygen atoms in total. The highest BCUT2D eigenvalue weighted by molar-refractivity contribution is 5.81. The monoisotopic (exact) mass is 297 g/mol. The Balaban J connectivity index is 2.12. The number of hydrogen-bond donors (Lipinski definition) is 3. The summed E-state index contributed by atoms with van der Waals surface area (Å²) in [5.74, 6) is 0.870. The molecule has 2 amide bonds. The van der Waals surface area contributed by atoms with E-state index in [1.807, 2.05) is 0 Å². The van der Waals surface area contributed by atoms with Gasteiger partial charge in [0.1, 0.15) is 0 Å². The normalized spacial score (nSPS) is 16.4. The van der Waals surface area contributed by atoms with Crippen molar-refractivity contribution in [2.75, 3.05) is 19.6 Å². The van der Waals surface area contributed by atoms with E-state index in [1.165, 1.54) is 0 Å². The van der Waals surface area contributed by atoms with Gasteiger partial charge in [0.15, 0.2) is 0 Å². The summed E-state index contributed by atoms with van der Waals surface area (Å²) < 4.78 is 0. The smallest absolute Gasteiger partial charge is 0.223 e. The number of hydrogen-bond acceptors (Lipinski definition) is 3. The fourth-order valence-electron chi connectivity index (χ4n) is 2.48. The van der Waals surface area contributed by atoms with Crippen molar-refractivity contribution >= 4 is 11.8 Å². The molecule has 1 atom stereocenters. The quantitative estimate of drug-likeness (QED) is 0.563. The Kier molecular flexibility index (Phi) is 7.15. The molecule has 1 unspecified atom stereocenters. The van der Waals surface area contributed by atoms with Gasteiger partial charge in [-0.2, -0.15) is 0 Å². The average Bonchev–Trinajstić information content (AvgIpc) is 3.22. The van der Waals surface area contributed by atoms with E-state index in [9.17, 15) is 9.59 Å². The minimum atomic E-state index is 0.0574. The fourth-order valence-corrected chi connectivity index (χ4v) is 2.48. The van der Waals surface area contributed by atoms with Crippen LogP contribution in [0.25, 0.3) is 0 Å². The number of carbonyl (C=O) groups is 2. The first-order valence-electron chi connectivity index (χ1n) is 8.09. The third-order valence-corrected chi connectivity index (χ3v) is 4.15. The van der Waals surface area contributed by atoms with Gasteiger partial charge in [0.25, 0.3) is 0 Å². The largest absolute Gasteiger partial charge is 0.354 e. The summed E-state index contributed by atoms with van der Waals surface area (Å²) in [7, 11) is 0. The summed E-state index contributed by atoms with van der Waals surface area (Å²) in [5.41, 5.74) is 5.83. The second-order valence-electron chi connectivity index (χ2n) is 7.09. The second kappa shape index (κ2) is 8.37.